The topological polar surface area (TPSA) is 72.8 Å². The monoisotopic (exact) mass is 375 g/mol. The van der Waals surface area contributed by atoms with Crippen LogP contribution >= 0.6 is 0 Å². The molecular weight excluding hydrogens is 354 g/mol. The fourth-order valence-electron chi connectivity index (χ4n) is 3.29. The lowest BCUT2D eigenvalue weighted by atomic mass is 10.1. The molecule has 6 nitrogen and oxygen atoms in total. The zero-order valence-electron chi connectivity index (χ0n) is 15.8. The van der Waals surface area contributed by atoms with Gasteiger partial charge in [0.25, 0.3) is 0 Å². The Morgan fingerprint density at radius 2 is 1.93 bits per heavy atom. The Kier molecular flexibility index (Phi) is 4.93. The van der Waals surface area contributed by atoms with Crippen LogP contribution in [0.3, 0.4) is 0 Å². The van der Waals surface area contributed by atoms with E-state index in [0.717, 1.165) is 28.6 Å². The second-order valence-corrected chi connectivity index (χ2v) is 6.73. The highest BCUT2D eigenvalue weighted by Gasteiger charge is 2.45. The van der Waals surface area contributed by atoms with E-state index in [9.17, 15) is 4.79 Å². The first-order valence-corrected chi connectivity index (χ1v) is 9.10. The predicted octanol–water partition coefficient (Wildman–Crippen LogP) is 3.51. The van der Waals surface area contributed by atoms with E-state index in [0.29, 0.717) is 11.5 Å². The Hall–Kier alpha value is -3.41. The van der Waals surface area contributed by atoms with Gasteiger partial charge in [-0.2, -0.15) is 5.10 Å². The zero-order chi connectivity index (χ0) is 19.5. The van der Waals surface area contributed by atoms with Crippen molar-refractivity contribution < 1.29 is 14.3 Å². The third kappa shape index (κ3) is 3.67. The highest BCUT2D eigenvalue weighted by atomic mass is 16.5. The number of para-hydroxylation sites is 1. The first-order chi connectivity index (χ1) is 13.7. The van der Waals surface area contributed by atoms with Gasteiger partial charge in [0.05, 0.1) is 26.0 Å². The fourth-order valence-corrected chi connectivity index (χ4v) is 3.29. The molecule has 28 heavy (non-hydrogen) atoms. The van der Waals surface area contributed by atoms with Gasteiger partial charge < -0.3 is 9.47 Å². The molecule has 1 aliphatic rings. The number of amides is 1. The van der Waals surface area contributed by atoms with Crippen LogP contribution in [-0.4, -0.2) is 31.3 Å². The maximum Gasteiger partial charge on any atom is 0.243 e. The summed E-state index contributed by atoms with van der Waals surface area (Å²) in [7, 11) is 3.16. The van der Waals surface area contributed by atoms with Crippen molar-refractivity contribution in [1.82, 2.24) is 10.4 Å². The summed E-state index contributed by atoms with van der Waals surface area (Å²) in [5.74, 6) is 1.24. The van der Waals surface area contributed by atoms with Gasteiger partial charge in [-0.15, -0.1) is 0 Å². The van der Waals surface area contributed by atoms with Crippen molar-refractivity contribution in [1.29, 1.82) is 0 Å². The number of hydrogen-bond acceptors (Lipinski definition) is 5. The summed E-state index contributed by atoms with van der Waals surface area (Å²) in [5, 5.41) is 5.17. The van der Waals surface area contributed by atoms with Gasteiger partial charge in [-0.05, 0) is 42.3 Å². The highest BCUT2D eigenvalue weighted by Crippen LogP contribution is 2.47. The number of benzene rings is 2. The van der Waals surface area contributed by atoms with Gasteiger partial charge in [0.1, 0.15) is 0 Å². The van der Waals surface area contributed by atoms with Crippen LogP contribution in [0, 0.1) is 5.92 Å². The summed E-state index contributed by atoms with van der Waals surface area (Å²) in [4.78, 5) is 17.1. The molecule has 6 heteroatoms. The maximum absolute atomic E-state index is 12.4. The molecule has 1 N–H and O–H groups in total. The van der Waals surface area contributed by atoms with Gasteiger partial charge in [0, 0.05) is 22.9 Å². The zero-order valence-corrected chi connectivity index (χ0v) is 15.8. The Morgan fingerprint density at radius 3 is 2.75 bits per heavy atom. The predicted molar refractivity (Wildman–Crippen MR) is 108 cm³/mol. The molecular formula is C22H21N3O3. The number of nitrogens with one attached hydrogen (secondary N) is 1. The van der Waals surface area contributed by atoms with E-state index in [4.69, 9.17) is 9.47 Å². The second kappa shape index (κ2) is 7.68. The van der Waals surface area contributed by atoms with Crippen molar-refractivity contribution in [2.45, 2.75) is 12.3 Å². The molecule has 2 atom stereocenters. The van der Waals surface area contributed by atoms with Gasteiger partial charge in [0.15, 0.2) is 11.5 Å². The standard InChI is InChI=1S/C22H21N3O3/c1-27-20-10-7-14(11-21(20)28-2)13-23-25-22(26)17-12-16(17)19-9-8-15-5-3-4-6-18(15)24-19/h3-11,13,16-17H,12H2,1-2H3,(H,25,26)/b23-13+/t16-,17-/m1/s1. The van der Waals surface area contributed by atoms with Crippen LogP contribution in [0.4, 0.5) is 0 Å². The number of carbonyl (C=O) groups is 1. The van der Waals surface area contributed by atoms with Crippen molar-refractivity contribution >= 4 is 23.0 Å². The van der Waals surface area contributed by atoms with Crippen LogP contribution in [0.5, 0.6) is 11.5 Å². The molecule has 0 saturated heterocycles. The van der Waals surface area contributed by atoms with Gasteiger partial charge in [-0.3, -0.25) is 9.78 Å². The normalized spacial score (nSPS) is 18.2. The van der Waals surface area contributed by atoms with Crippen molar-refractivity contribution in [3.8, 4) is 11.5 Å². The number of fused-ring (bicyclic) bond motifs is 1. The van der Waals surface area contributed by atoms with Gasteiger partial charge in [-0.25, -0.2) is 5.43 Å². The molecule has 2 aromatic carbocycles. The lowest BCUT2D eigenvalue weighted by Crippen LogP contribution is -2.20. The molecule has 1 aliphatic carbocycles. The van der Waals surface area contributed by atoms with E-state index >= 15 is 0 Å². The van der Waals surface area contributed by atoms with Crippen molar-refractivity contribution in [2.75, 3.05) is 14.2 Å². The van der Waals surface area contributed by atoms with E-state index in [1.165, 1.54) is 0 Å². The summed E-state index contributed by atoms with van der Waals surface area (Å²) < 4.78 is 10.5. The van der Waals surface area contributed by atoms with Crippen LogP contribution in [0.15, 0.2) is 59.7 Å². The molecule has 1 aromatic heterocycles. The van der Waals surface area contributed by atoms with Crippen molar-refractivity contribution in [3.05, 3.63) is 65.9 Å². The number of nitrogens with zero attached hydrogens (tertiary/aromatic N) is 2. The Labute approximate surface area is 163 Å². The quantitative estimate of drug-likeness (QED) is 0.529. The third-order valence-corrected chi connectivity index (χ3v) is 4.92. The largest absolute Gasteiger partial charge is 0.493 e. The molecule has 0 radical (unpaired) electrons. The molecule has 1 amide bonds. The maximum atomic E-state index is 12.4. The van der Waals surface area contributed by atoms with Crippen molar-refractivity contribution in [3.63, 3.8) is 0 Å². The van der Waals surface area contributed by atoms with E-state index < -0.39 is 0 Å². The van der Waals surface area contributed by atoms with E-state index in [1.807, 2.05) is 36.4 Å². The minimum Gasteiger partial charge on any atom is -0.493 e. The molecule has 0 spiro atoms. The van der Waals surface area contributed by atoms with Crippen LogP contribution in [0.1, 0.15) is 23.6 Å². The Bertz CT molecular complexity index is 1050. The average molecular weight is 375 g/mol. The van der Waals surface area contributed by atoms with E-state index in [2.05, 4.69) is 21.6 Å². The molecule has 1 saturated carbocycles. The number of pyridine rings is 1. The third-order valence-electron chi connectivity index (χ3n) is 4.92. The number of ether oxygens (including phenoxy) is 2. The lowest BCUT2D eigenvalue weighted by molar-refractivity contribution is -0.122. The van der Waals surface area contributed by atoms with Gasteiger partial charge in [-0.1, -0.05) is 24.3 Å². The minimum atomic E-state index is -0.0868. The molecule has 0 unspecified atom stereocenters. The number of methoxy groups -OCH3 is 2. The summed E-state index contributed by atoms with van der Waals surface area (Å²) in [6.07, 6.45) is 2.38. The molecule has 0 aliphatic heterocycles. The van der Waals surface area contributed by atoms with Crippen LogP contribution < -0.4 is 14.9 Å². The molecule has 1 heterocycles. The van der Waals surface area contributed by atoms with Crippen LogP contribution in [-0.2, 0) is 4.79 Å². The Morgan fingerprint density at radius 1 is 1.11 bits per heavy atom. The molecule has 0 bridgehead atoms. The lowest BCUT2D eigenvalue weighted by Gasteiger charge is -2.07. The second-order valence-electron chi connectivity index (χ2n) is 6.73. The molecule has 4 rings (SSSR count). The number of rotatable bonds is 6. The number of hydrogen-bond donors (Lipinski definition) is 1. The minimum absolute atomic E-state index is 0.0864. The van der Waals surface area contributed by atoms with Gasteiger partial charge >= 0.3 is 0 Å². The first-order valence-electron chi connectivity index (χ1n) is 9.10. The SMILES string of the molecule is COc1ccc(/C=N/NC(=O)[C@@H]2C[C@H]2c2ccc3ccccc3n2)cc1OC. The molecule has 142 valence electrons. The first kappa shape index (κ1) is 18.0. The molecule has 1 fully saturated rings. The van der Waals surface area contributed by atoms with Gasteiger partial charge in [0.2, 0.25) is 5.91 Å². The van der Waals surface area contributed by atoms with E-state index in [-0.39, 0.29) is 17.7 Å². The smallest absolute Gasteiger partial charge is 0.243 e. The number of carbonyl (C=O) groups excluding carboxylic acids is 1. The summed E-state index contributed by atoms with van der Waals surface area (Å²) in [6.45, 7) is 0. The summed E-state index contributed by atoms with van der Waals surface area (Å²) in [5.41, 5.74) is 5.35. The van der Waals surface area contributed by atoms with Crippen LogP contribution in [0.25, 0.3) is 10.9 Å². The fraction of sp³-hybridized carbons (Fsp3) is 0.227. The Balaban J connectivity index is 1.37. The molecule has 3 aromatic rings. The van der Waals surface area contributed by atoms with E-state index in [1.54, 1.807) is 32.6 Å². The van der Waals surface area contributed by atoms with Crippen LogP contribution in [0.2, 0.25) is 0 Å². The summed E-state index contributed by atoms with van der Waals surface area (Å²) >= 11 is 0. The van der Waals surface area contributed by atoms with Crippen molar-refractivity contribution in [2.24, 2.45) is 11.0 Å². The average Bonchev–Trinajstić information content (AvgIpc) is 3.54. The highest BCUT2D eigenvalue weighted by molar-refractivity contribution is 5.86. The number of aromatic nitrogens is 1. The summed E-state index contributed by atoms with van der Waals surface area (Å²) in [6, 6.07) is 17.5. The number of hydrazone groups is 1.